The summed E-state index contributed by atoms with van der Waals surface area (Å²) in [5, 5.41) is 11.7. The second kappa shape index (κ2) is 5.45. The van der Waals surface area contributed by atoms with Gasteiger partial charge in [-0.05, 0) is 20.3 Å². The Morgan fingerprint density at radius 2 is 2.00 bits per heavy atom. The van der Waals surface area contributed by atoms with Gasteiger partial charge in [0.1, 0.15) is 0 Å². The summed E-state index contributed by atoms with van der Waals surface area (Å²) in [5.74, 6) is 0. The molecule has 6 heteroatoms. The van der Waals surface area contributed by atoms with E-state index >= 15 is 0 Å². The Labute approximate surface area is 91.9 Å². The van der Waals surface area contributed by atoms with Crippen LogP contribution in [0, 0.1) is 11.3 Å². The summed E-state index contributed by atoms with van der Waals surface area (Å²) in [6.45, 7) is 5.86. The molecule has 0 aromatic rings. The lowest BCUT2D eigenvalue weighted by Crippen LogP contribution is -2.51. The minimum atomic E-state index is -3.22. The second-order valence-corrected chi connectivity index (χ2v) is 5.98. The van der Waals surface area contributed by atoms with Gasteiger partial charge in [-0.25, -0.2) is 13.1 Å². The predicted molar refractivity (Wildman–Crippen MR) is 59.8 cm³/mol. The molecule has 0 saturated heterocycles. The lowest BCUT2D eigenvalue weighted by molar-refractivity contribution is 0.405. The molecule has 2 N–H and O–H groups in total. The molecule has 0 rings (SSSR count). The monoisotopic (exact) mass is 233 g/mol. The van der Waals surface area contributed by atoms with Gasteiger partial charge in [0.15, 0.2) is 0 Å². The Balaban J connectivity index is 4.22. The van der Waals surface area contributed by atoms with E-state index < -0.39 is 15.6 Å². The van der Waals surface area contributed by atoms with E-state index in [4.69, 9.17) is 5.26 Å². The summed E-state index contributed by atoms with van der Waals surface area (Å²) in [5.41, 5.74) is -0.585. The van der Waals surface area contributed by atoms with E-state index in [0.29, 0.717) is 13.0 Å². The second-order valence-electron chi connectivity index (χ2n) is 4.23. The lowest BCUT2D eigenvalue weighted by atomic mass is 10.1. The molecule has 0 bridgehead atoms. The van der Waals surface area contributed by atoms with Crippen LogP contribution in [0.4, 0.5) is 0 Å². The van der Waals surface area contributed by atoms with Crippen molar-refractivity contribution in [3.63, 3.8) is 0 Å². The Morgan fingerprint density at radius 1 is 1.47 bits per heavy atom. The standard InChI is InChI=1S/C9H19N3O2S/c1-5-8(6-10)11-7-9(2,3)12-15(4,13)14/h8,11-12H,5,7H2,1-4H3. The van der Waals surface area contributed by atoms with Gasteiger partial charge in [-0.2, -0.15) is 5.26 Å². The summed E-state index contributed by atoms with van der Waals surface area (Å²) in [6, 6.07) is 1.87. The molecule has 0 aliphatic carbocycles. The first-order chi connectivity index (χ1) is 6.70. The minimum absolute atomic E-state index is 0.231. The van der Waals surface area contributed by atoms with Crippen molar-refractivity contribution < 1.29 is 8.42 Å². The van der Waals surface area contributed by atoms with E-state index in [1.807, 2.05) is 6.92 Å². The highest BCUT2D eigenvalue weighted by atomic mass is 32.2. The van der Waals surface area contributed by atoms with Crippen molar-refractivity contribution in [2.24, 2.45) is 0 Å². The Morgan fingerprint density at radius 3 is 2.33 bits per heavy atom. The maximum Gasteiger partial charge on any atom is 0.209 e. The summed E-state index contributed by atoms with van der Waals surface area (Å²) in [4.78, 5) is 0. The molecule has 1 unspecified atom stereocenters. The van der Waals surface area contributed by atoms with Gasteiger partial charge in [-0.1, -0.05) is 6.92 Å². The average molecular weight is 233 g/mol. The van der Waals surface area contributed by atoms with Crippen LogP contribution in [-0.4, -0.2) is 32.8 Å². The zero-order valence-corrected chi connectivity index (χ0v) is 10.5. The number of rotatable bonds is 6. The van der Waals surface area contributed by atoms with E-state index in [0.717, 1.165) is 6.26 Å². The topological polar surface area (TPSA) is 82.0 Å². The molecule has 0 aliphatic heterocycles. The van der Waals surface area contributed by atoms with Gasteiger partial charge in [0.05, 0.1) is 18.4 Å². The van der Waals surface area contributed by atoms with Crippen LogP contribution >= 0.6 is 0 Å². The molecular weight excluding hydrogens is 214 g/mol. The van der Waals surface area contributed by atoms with E-state index in [1.54, 1.807) is 13.8 Å². The number of nitrogens with zero attached hydrogens (tertiary/aromatic N) is 1. The zero-order chi connectivity index (χ0) is 12.1. The van der Waals surface area contributed by atoms with E-state index in [2.05, 4.69) is 16.1 Å². The summed E-state index contributed by atoms with van der Waals surface area (Å²) >= 11 is 0. The molecule has 88 valence electrons. The van der Waals surface area contributed by atoms with E-state index in [-0.39, 0.29) is 6.04 Å². The molecule has 0 saturated carbocycles. The minimum Gasteiger partial charge on any atom is -0.300 e. The normalized spacial score (nSPS) is 14.6. The predicted octanol–water partition coefficient (Wildman–Crippen LogP) is 0.206. The van der Waals surface area contributed by atoms with Crippen molar-refractivity contribution in [3.05, 3.63) is 0 Å². The van der Waals surface area contributed by atoms with Crippen LogP contribution in [0.5, 0.6) is 0 Å². The smallest absolute Gasteiger partial charge is 0.209 e. The van der Waals surface area contributed by atoms with Gasteiger partial charge in [0.2, 0.25) is 10.0 Å². The largest absolute Gasteiger partial charge is 0.300 e. The van der Waals surface area contributed by atoms with E-state index in [9.17, 15) is 8.42 Å². The molecule has 0 aliphatic rings. The Hall–Kier alpha value is -0.640. The van der Waals surface area contributed by atoms with E-state index in [1.165, 1.54) is 0 Å². The van der Waals surface area contributed by atoms with Gasteiger partial charge in [-0.3, -0.25) is 0 Å². The molecule has 5 nitrogen and oxygen atoms in total. The van der Waals surface area contributed by atoms with Crippen LogP contribution < -0.4 is 10.0 Å². The van der Waals surface area contributed by atoms with Crippen molar-refractivity contribution in [2.75, 3.05) is 12.8 Å². The first-order valence-corrected chi connectivity index (χ1v) is 6.71. The molecular formula is C9H19N3O2S. The fraction of sp³-hybridized carbons (Fsp3) is 0.889. The molecule has 0 spiro atoms. The van der Waals surface area contributed by atoms with Gasteiger partial charge in [-0.15, -0.1) is 0 Å². The number of sulfonamides is 1. The number of hydrogen-bond acceptors (Lipinski definition) is 4. The lowest BCUT2D eigenvalue weighted by Gasteiger charge is -2.26. The van der Waals surface area contributed by atoms with Crippen molar-refractivity contribution in [1.82, 2.24) is 10.0 Å². The number of hydrogen-bond donors (Lipinski definition) is 2. The molecule has 15 heavy (non-hydrogen) atoms. The summed E-state index contributed by atoms with van der Waals surface area (Å²) in [6.07, 6.45) is 1.82. The Kier molecular flexibility index (Phi) is 5.21. The van der Waals surface area contributed by atoms with Gasteiger partial charge in [0, 0.05) is 12.1 Å². The maximum atomic E-state index is 11.0. The van der Waals surface area contributed by atoms with Crippen molar-refractivity contribution in [3.8, 4) is 6.07 Å². The van der Waals surface area contributed by atoms with Crippen LogP contribution in [0.3, 0.4) is 0 Å². The van der Waals surface area contributed by atoms with Gasteiger partial charge < -0.3 is 5.32 Å². The highest BCUT2D eigenvalue weighted by Gasteiger charge is 2.22. The van der Waals surface area contributed by atoms with Gasteiger partial charge in [0.25, 0.3) is 0 Å². The van der Waals surface area contributed by atoms with Crippen molar-refractivity contribution in [1.29, 1.82) is 5.26 Å². The average Bonchev–Trinajstić information content (AvgIpc) is 2.01. The molecule has 0 aromatic carbocycles. The number of nitriles is 1. The summed E-state index contributed by atoms with van der Waals surface area (Å²) < 4.78 is 24.6. The fourth-order valence-electron chi connectivity index (χ4n) is 1.20. The molecule has 0 fully saturated rings. The summed E-state index contributed by atoms with van der Waals surface area (Å²) in [7, 11) is -3.22. The van der Waals surface area contributed by atoms with Crippen LogP contribution in [0.15, 0.2) is 0 Å². The highest BCUT2D eigenvalue weighted by Crippen LogP contribution is 2.03. The van der Waals surface area contributed by atoms with Crippen molar-refractivity contribution >= 4 is 10.0 Å². The Bertz CT molecular complexity index is 330. The molecule has 0 amide bonds. The highest BCUT2D eigenvalue weighted by molar-refractivity contribution is 7.88. The first-order valence-electron chi connectivity index (χ1n) is 4.82. The van der Waals surface area contributed by atoms with Gasteiger partial charge >= 0.3 is 0 Å². The third kappa shape index (κ3) is 7.31. The van der Waals surface area contributed by atoms with Crippen LogP contribution in [0.2, 0.25) is 0 Å². The third-order valence-electron chi connectivity index (χ3n) is 1.82. The van der Waals surface area contributed by atoms with Crippen LogP contribution in [-0.2, 0) is 10.0 Å². The molecule has 0 radical (unpaired) electrons. The first kappa shape index (κ1) is 14.4. The number of nitrogens with one attached hydrogen (secondary N) is 2. The quantitative estimate of drug-likeness (QED) is 0.687. The zero-order valence-electron chi connectivity index (χ0n) is 9.66. The molecule has 0 aromatic heterocycles. The maximum absolute atomic E-state index is 11.0. The van der Waals surface area contributed by atoms with Crippen LogP contribution in [0.25, 0.3) is 0 Å². The van der Waals surface area contributed by atoms with Crippen LogP contribution in [0.1, 0.15) is 27.2 Å². The third-order valence-corrected chi connectivity index (χ3v) is 2.74. The fourth-order valence-corrected chi connectivity index (χ4v) is 2.27. The van der Waals surface area contributed by atoms with Crippen molar-refractivity contribution in [2.45, 2.75) is 38.8 Å². The molecule has 0 heterocycles. The molecule has 1 atom stereocenters. The SMILES string of the molecule is CCC(C#N)NCC(C)(C)NS(C)(=O)=O.